The summed E-state index contributed by atoms with van der Waals surface area (Å²) in [6.07, 6.45) is 5.35. The van der Waals surface area contributed by atoms with Crippen LogP contribution in [0, 0.1) is 0 Å². The number of carbonyl (C=O) groups excluding carboxylic acids is 1. The van der Waals surface area contributed by atoms with Crippen molar-refractivity contribution in [2.45, 2.75) is 12.8 Å². The minimum Gasteiger partial charge on any atom is -0.288 e. The Bertz CT molecular complexity index is 1190. The zero-order valence-corrected chi connectivity index (χ0v) is 15.4. The van der Waals surface area contributed by atoms with E-state index in [0.29, 0.717) is 0 Å². The molecule has 0 spiro atoms. The Balaban J connectivity index is 1.50. The summed E-state index contributed by atoms with van der Waals surface area (Å²) in [6, 6.07) is 20.1. The minimum absolute atomic E-state index is 0.113. The number of hydrogen-bond donors (Lipinski definition) is 0. The fourth-order valence-corrected chi connectivity index (χ4v) is 4.53. The van der Waals surface area contributed by atoms with E-state index >= 15 is 0 Å². The lowest BCUT2D eigenvalue weighted by Crippen LogP contribution is -2.12. The molecule has 0 saturated heterocycles. The number of allylic oxidation sites excluding steroid dienone is 1. The van der Waals surface area contributed by atoms with Crippen molar-refractivity contribution in [3.63, 3.8) is 0 Å². The van der Waals surface area contributed by atoms with Crippen LogP contribution >= 0.6 is 11.3 Å². The molecule has 0 N–H and O–H groups in total. The number of benzene rings is 2. The molecule has 3 nitrogen and oxygen atoms in total. The van der Waals surface area contributed by atoms with Gasteiger partial charge in [0.1, 0.15) is 5.01 Å². The highest BCUT2D eigenvalue weighted by Crippen LogP contribution is 2.35. The van der Waals surface area contributed by atoms with Crippen LogP contribution in [0.3, 0.4) is 0 Å². The number of pyridine rings is 1. The van der Waals surface area contributed by atoms with Crippen LogP contribution in [0.5, 0.6) is 0 Å². The summed E-state index contributed by atoms with van der Waals surface area (Å²) in [5.74, 6) is 0.113. The molecule has 0 aliphatic heterocycles. The average Bonchev–Trinajstić information content (AvgIpc) is 3.16. The Morgan fingerprint density at radius 1 is 0.963 bits per heavy atom. The van der Waals surface area contributed by atoms with Crippen molar-refractivity contribution in [2.75, 3.05) is 0 Å². The van der Waals surface area contributed by atoms with Crippen molar-refractivity contribution in [1.82, 2.24) is 9.97 Å². The van der Waals surface area contributed by atoms with E-state index in [2.05, 4.69) is 11.1 Å². The molecule has 1 aliphatic carbocycles. The van der Waals surface area contributed by atoms with E-state index < -0.39 is 0 Å². The molecule has 27 heavy (non-hydrogen) atoms. The third-order valence-electron chi connectivity index (χ3n) is 4.82. The molecule has 0 bridgehead atoms. The van der Waals surface area contributed by atoms with Gasteiger partial charge in [0.05, 0.1) is 16.1 Å². The molecule has 0 fully saturated rings. The number of carbonyl (C=O) groups is 1. The maximum atomic E-state index is 13.0. The lowest BCUT2D eigenvalue weighted by atomic mass is 9.93. The molecule has 0 amide bonds. The largest absolute Gasteiger partial charge is 0.288 e. The molecule has 2 aromatic carbocycles. The molecule has 0 atom stereocenters. The van der Waals surface area contributed by atoms with Gasteiger partial charge in [-0.3, -0.25) is 9.78 Å². The zero-order chi connectivity index (χ0) is 18.2. The number of rotatable bonds is 2. The first-order valence-electron chi connectivity index (χ1n) is 8.93. The minimum atomic E-state index is 0.113. The van der Waals surface area contributed by atoms with E-state index in [1.54, 1.807) is 6.20 Å². The van der Waals surface area contributed by atoms with Gasteiger partial charge in [-0.1, -0.05) is 42.5 Å². The van der Waals surface area contributed by atoms with Gasteiger partial charge in [-0.15, -0.1) is 11.3 Å². The van der Waals surface area contributed by atoms with Gasteiger partial charge >= 0.3 is 0 Å². The summed E-state index contributed by atoms with van der Waals surface area (Å²) >= 11 is 1.50. The van der Waals surface area contributed by atoms with Crippen LogP contribution < -0.4 is 0 Å². The van der Waals surface area contributed by atoms with Gasteiger partial charge in [-0.2, -0.15) is 0 Å². The fourth-order valence-electron chi connectivity index (χ4n) is 3.44. The molecule has 2 aromatic heterocycles. The van der Waals surface area contributed by atoms with Gasteiger partial charge in [0.15, 0.2) is 0 Å². The smallest absolute Gasteiger partial charge is 0.200 e. The molecule has 1 aliphatic rings. The molecule has 5 rings (SSSR count). The fraction of sp³-hybridized carbons (Fsp3) is 0.0870. The van der Waals surface area contributed by atoms with E-state index in [1.807, 2.05) is 60.7 Å². The van der Waals surface area contributed by atoms with E-state index in [1.165, 1.54) is 11.3 Å². The maximum Gasteiger partial charge on any atom is 0.200 e. The highest BCUT2D eigenvalue weighted by Gasteiger charge is 2.26. The summed E-state index contributed by atoms with van der Waals surface area (Å²) in [5, 5.41) is 2.01. The summed E-state index contributed by atoms with van der Waals surface area (Å²) in [6.45, 7) is 0. The number of nitrogens with zero attached hydrogens (tertiary/aromatic N) is 2. The maximum absolute atomic E-state index is 13.0. The first kappa shape index (κ1) is 16.1. The van der Waals surface area contributed by atoms with Gasteiger partial charge in [-0.25, -0.2) is 4.98 Å². The number of aromatic nitrogens is 2. The van der Waals surface area contributed by atoms with Crippen molar-refractivity contribution in [3.05, 3.63) is 88.6 Å². The first-order chi connectivity index (χ1) is 13.3. The third kappa shape index (κ3) is 2.98. The molecule has 4 heteroatoms. The predicted octanol–water partition coefficient (Wildman–Crippen LogP) is 5.57. The Kier molecular flexibility index (Phi) is 3.91. The van der Waals surface area contributed by atoms with E-state index in [0.717, 1.165) is 56.0 Å². The Morgan fingerprint density at radius 2 is 1.85 bits per heavy atom. The second-order valence-electron chi connectivity index (χ2n) is 6.62. The van der Waals surface area contributed by atoms with Crippen LogP contribution in [0.1, 0.15) is 27.3 Å². The second-order valence-corrected chi connectivity index (χ2v) is 7.61. The molecule has 0 radical (unpaired) electrons. The van der Waals surface area contributed by atoms with E-state index in [4.69, 9.17) is 4.98 Å². The summed E-state index contributed by atoms with van der Waals surface area (Å²) < 4.78 is 0. The normalized spacial score (nSPS) is 15.3. The number of ketones is 1. The van der Waals surface area contributed by atoms with Gasteiger partial charge in [0.25, 0.3) is 0 Å². The number of thiazole rings is 1. The summed E-state index contributed by atoms with van der Waals surface area (Å²) in [4.78, 5) is 22.9. The Hall–Kier alpha value is -3.11. The lowest BCUT2D eigenvalue weighted by molar-refractivity contribution is 0.103. The van der Waals surface area contributed by atoms with Crippen LogP contribution in [-0.4, -0.2) is 15.8 Å². The first-order valence-corrected chi connectivity index (χ1v) is 9.75. The number of hydrogen-bond acceptors (Lipinski definition) is 4. The van der Waals surface area contributed by atoms with Gasteiger partial charge in [0.2, 0.25) is 5.78 Å². The highest BCUT2D eigenvalue weighted by atomic mass is 32.1. The predicted molar refractivity (Wildman–Crippen MR) is 110 cm³/mol. The third-order valence-corrected chi connectivity index (χ3v) is 5.96. The van der Waals surface area contributed by atoms with Crippen molar-refractivity contribution in [1.29, 1.82) is 0 Å². The molecule has 4 aromatic rings. The second kappa shape index (κ2) is 6.56. The molecule has 0 saturated carbocycles. The number of fused-ring (bicyclic) bond motifs is 2. The number of Topliss-reactive ketones (excluding diaryl/α,β-unsaturated/α-hetero) is 1. The Morgan fingerprint density at radius 3 is 2.74 bits per heavy atom. The van der Waals surface area contributed by atoms with Crippen molar-refractivity contribution < 1.29 is 4.79 Å². The van der Waals surface area contributed by atoms with Crippen LogP contribution in [0.25, 0.3) is 27.6 Å². The van der Waals surface area contributed by atoms with Crippen LogP contribution in [-0.2, 0) is 6.42 Å². The van der Waals surface area contributed by atoms with Gasteiger partial charge in [-0.05, 0) is 42.7 Å². The monoisotopic (exact) mass is 368 g/mol. The zero-order valence-electron chi connectivity index (χ0n) is 14.6. The van der Waals surface area contributed by atoms with Crippen molar-refractivity contribution in [3.8, 4) is 10.6 Å². The van der Waals surface area contributed by atoms with Crippen LogP contribution in [0.15, 0.2) is 72.4 Å². The highest BCUT2D eigenvalue weighted by molar-refractivity contribution is 7.17. The summed E-state index contributed by atoms with van der Waals surface area (Å²) in [7, 11) is 0. The van der Waals surface area contributed by atoms with Crippen LogP contribution in [0.2, 0.25) is 0 Å². The molecule has 130 valence electrons. The van der Waals surface area contributed by atoms with Gasteiger partial charge < -0.3 is 0 Å². The van der Waals surface area contributed by atoms with Crippen molar-refractivity contribution >= 4 is 34.1 Å². The standard InChI is InChI=1S/C23H16N2OS/c26-21-18(14-15-8-10-19-17(13-15)7-4-12-24-19)9-11-20-22(21)27-23(25-20)16-5-2-1-3-6-16/h1-8,10,12-14H,9,11H2/b18-14+. The van der Waals surface area contributed by atoms with Crippen molar-refractivity contribution in [2.24, 2.45) is 0 Å². The Labute approximate surface area is 161 Å². The molecular formula is C23H16N2OS. The molecule has 2 heterocycles. The van der Waals surface area contributed by atoms with Crippen LogP contribution in [0.4, 0.5) is 0 Å². The lowest BCUT2D eigenvalue weighted by Gasteiger charge is -2.12. The van der Waals surface area contributed by atoms with Gasteiger partial charge in [0, 0.05) is 22.7 Å². The molecule has 0 unspecified atom stereocenters. The summed E-state index contributed by atoms with van der Waals surface area (Å²) in [5.41, 5.74) is 4.86. The SMILES string of the molecule is O=C1/C(=C/c2ccc3ncccc3c2)CCc2nc(-c3ccccc3)sc21. The van der Waals surface area contributed by atoms with E-state index in [9.17, 15) is 4.79 Å². The number of aryl methyl sites for hydroxylation is 1. The van der Waals surface area contributed by atoms with E-state index in [-0.39, 0.29) is 5.78 Å². The quantitative estimate of drug-likeness (QED) is 0.434. The molecular weight excluding hydrogens is 352 g/mol. The topological polar surface area (TPSA) is 42.9 Å². The average molecular weight is 368 g/mol.